The molecule has 0 spiro atoms. The van der Waals surface area contributed by atoms with Gasteiger partial charge in [0, 0.05) is 22.6 Å². The Morgan fingerprint density at radius 1 is 0.889 bits per heavy atom. The fourth-order valence-electron chi connectivity index (χ4n) is 3.69. The van der Waals surface area contributed by atoms with Crippen molar-refractivity contribution in [1.82, 2.24) is 4.57 Å². The van der Waals surface area contributed by atoms with Crippen molar-refractivity contribution >= 4 is 22.4 Å². The van der Waals surface area contributed by atoms with Crippen LogP contribution in [-0.2, 0) is 0 Å². The van der Waals surface area contributed by atoms with Gasteiger partial charge in [-0.25, -0.2) is 0 Å². The van der Waals surface area contributed by atoms with Gasteiger partial charge in [0.2, 0.25) is 0 Å². The van der Waals surface area contributed by atoms with E-state index in [0.717, 1.165) is 39.0 Å². The third-order valence-electron chi connectivity index (χ3n) is 4.98. The molecule has 0 fully saturated rings. The van der Waals surface area contributed by atoms with Crippen molar-refractivity contribution in [3.8, 4) is 11.8 Å². The lowest BCUT2D eigenvalue weighted by Crippen LogP contribution is -1.98. The van der Waals surface area contributed by atoms with Crippen molar-refractivity contribution in [3.63, 3.8) is 0 Å². The van der Waals surface area contributed by atoms with E-state index in [0.29, 0.717) is 5.57 Å². The molecule has 0 aliphatic carbocycles. The lowest BCUT2D eigenvalue weighted by Gasteiger charge is -2.09. The van der Waals surface area contributed by atoms with E-state index in [9.17, 15) is 5.26 Å². The van der Waals surface area contributed by atoms with E-state index in [1.807, 2.05) is 48.5 Å². The van der Waals surface area contributed by atoms with Gasteiger partial charge in [0.25, 0.3) is 0 Å². The summed E-state index contributed by atoms with van der Waals surface area (Å²) in [5, 5.41) is 12.1. The molecule has 0 saturated heterocycles. The number of nitriles is 1. The molecule has 4 rings (SSSR count). The lowest BCUT2D eigenvalue weighted by atomic mass is 9.97. The van der Waals surface area contributed by atoms with Crippen LogP contribution >= 0.6 is 0 Å². The molecule has 27 heavy (non-hydrogen) atoms. The molecular weight excluding hydrogens is 328 g/mol. The van der Waals surface area contributed by atoms with Crippen molar-refractivity contribution in [1.29, 1.82) is 5.26 Å². The second-order valence-electron chi connectivity index (χ2n) is 6.69. The molecule has 3 aromatic carbocycles. The number of hydrogen-bond acceptors (Lipinski definition) is 1. The van der Waals surface area contributed by atoms with E-state index >= 15 is 0 Å². The third-order valence-corrected chi connectivity index (χ3v) is 4.98. The molecule has 0 bridgehead atoms. The van der Waals surface area contributed by atoms with Crippen LogP contribution in [0.15, 0.2) is 78.9 Å². The van der Waals surface area contributed by atoms with Gasteiger partial charge in [-0.1, -0.05) is 60.7 Å². The van der Waals surface area contributed by atoms with Gasteiger partial charge in [0.05, 0.1) is 11.6 Å². The summed E-state index contributed by atoms with van der Waals surface area (Å²) in [7, 11) is 0. The predicted octanol–water partition coefficient (Wildman–Crippen LogP) is 6.31. The number of para-hydroxylation sites is 1. The first-order valence-electron chi connectivity index (χ1n) is 9.03. The Bertz CT molecular complexity index is 1180. The van der Waals surface area contributed by atoms with Crippen molar-refractivity contribution in [2.75, 3.05) is 0 Å². The Balaban J connectivity index is 1.86. The molecule has 0 aliphatic rings. The highest BCUT2D eigenvalue weighted by Gasteiger charge is 2.12. The van der Waals surface area contributed by atoms with Crippen LogP contribution < -0.4 is 0 Å². The zero-order chi connectivity index (χ0) is 18.8. The summed E-state index contributed by atoms with van der Waals surface area (Å²) in [6.45, 7) is 4.20. The maximum absolute atomic E-state index is 9.86. The quantitative estimate of drug-likeness (QED) is 0.399. The first-order chi connectivity index (χ1) is 13.2. The van der Waals surface area contributed by atoms with Gasteiger partial charge in [-0.05, 0) is 54.5 Å². The van der Waals surface area contributed by atoms with Gasteiger partial charge < -0.3 is 4.57 Å². The number of aryl methyl sites for hydroxylation is 1. The standard InChI is InChI=1S/C25H20N2/c1-18-15-21(19(2)27(18)23-11-4-3-5-12-23)16-22(17-26)25-14-8-10-20-9-6-7-13-24(20)25/h3-16H,1-2H3/b22-16-. The van der Waals surface area contributed by atoms with E-state index < -0.39 is 0 Å². The second-order valence-corrected chi connectivity index (χ2v) is 6.69. The lowest BCUT2D eigenvalue weighted by molar-refractivity contribution is 0.964. The van der Waals surface area contributed by atoms with Gasteiger partial charge in [-0.3, -0.25) is 0 Å². The molecule has 2 heteroatoms. The Labute approximate surface area is 159 Å². The zero-order valence-electron chi connectivity index (χ0n) is 15.5. The van der Waals surface area contributed by atoms with Gasteiger partial charge in [0.1, 0.15) is 0 Å². The summed E-state index contributed by atoms with van der Waals surface area (Å²) in [5.41, 5.74) is 6.14. The van der Waals surface area contributed by atoms with Crippen molar-refractivity contribution in [2.45, 2.75) is 13.8 Å². The van der Waals surface area contributed by atoms with Crippen LogP contribution in [-0.4, -0.2) is 4.57 Å². The van der Waals surface area contributed by atoms with Crippen molar-refractivity contribution in [2.24, 2.45) is 0 Å². The second kappa shape index (κ2) is 6.97. The first-order valence-corrected chi connectivity index (χ1v) is 9.03. The number of hydrogen-bond donors (Lipinski definition) is 0. The molecule has 4 aromatic rings. The van der Waals surface area contributed by atoms with Crippen molar-refractivity contribution in [3.05, 3.63) is 101 Å². The van der Waals surface area contributed by atoms with Gasteiger partial charge in [-0.2, -0.15) is 5.26 Å². The Morgan fingerprint density at radius 2 is 1.59 bits per heavy atom. The van der Waals surface area contributed by atoms with Crippen molar-refractivity contribution < 1.29 is 0 Å². The first kappa shape index (κ1) is 16.9. The van der Waals surface area contributed by atoms with E-state index in [2.05, 4.69) is 60.9 Å². The molecule has 0 unspecified atom stereocenters. The van der Waals surface area contributed by atoms with Crippen LogP contribution in [0.2, 0.25) is 0 Å². The molecule has 0 saturated carbocycles. The Hall–Kier alpha value is -3.57. The van der Waals surface area contributed by atoms with Gasteiger partial charge >= 0.3 is 0 Å². The minimum absolute atomic E-state index is 0.681. The molecule has 130 valence electrons. The normalized spacial score (nSPS) is 11.5. The van der Waals surface area contributed by atoms with Crippen LogP contribution in [0, 0.1) is 25.2 Å². The summed E-state index contributed by atoms with van der Waals surface area (Å²) >= 11 is 0. The van der Waals surface area contributed by atoms with E-state index in [1.165, 1.54) is 0 Å². The van der Waals surface area contributed by atoms with Crippen LogP contribution in [0.1, 0.15) is 22.5 Å². The number of fused-ring (bicyclic) bond motifs is 1. The largest absolute Gasteiger partial charge is 0.318 e. The zero-order valence-corrected chi connectivity index (χ0v) is 15.5. The monoisotopic (exact) mass is 348 g/mol. The number of nitrogens with zero attached hydrogens (tertiary/aromatic N) is 2. The van der Waals surface area contributed by atoms with Crippen LogP contribution in [0.3, 0.4) is 0 Å². The SMILES string of the molecule is Cc1cc(/C=C(/C#N)c2cccc3ccccc23)c(C)n1-c1ccccc1. The number of aromatic nitrogens is 1. The van der Waals surface area contributed by atoms with Crippen LogP contribution in [0.5, 0.6) is 0 Å². The van der Waals surface area contributed by atoms with E-state index in [1.54, 1.807) is 0 Å². The molecular formula is C25H20N2. The fraction of sp³-hybridized carbons (Fsp3) is 0.0800. The molecule has 0 atom stereocenters. The minimum atomic E-state index is 0.681. The highest BCUT2D eigenvalue weighted by Crippen LogP contribution is 2.29. The van der Waals surface area contributed by atoms with Crippen LogP contribution in [0.25, 0.3) is 28.1 Å². The topological polar surface area (TPSA) is 28.7 Å². The van der Waals surface area contributed by atoms with E-state index in [4.69, 9.17) is 0 Å². The summed E-state index contributed by atoms with van der Waals surface area (Å²) < 4.78 is 2.23. The van der Waals surface area contributed by atoms with Gasteiger partial charge in [0.15, 0.2) is 0 Å². The Morgan fingerprint density at radius 3 is 2.37 bits per heavy atom. The summed E-state index contributed by atoms with van der Waals surface area (Å²) in [5.74, 6) is 0. The molecule has 1 heterocycles. The third kappa shape index (κ3) is 3.05. The molecule has 0 aliphatic heterocycles. The number of benzene rings is 3. The van der Waals surface area contributed by atoms with Crippen LogP contribution in [0.4, 0.5) is 0 Å². The van der Waals surface area contributed by atoms with Gasteiger partial charge in [-0.15, -0.1) is 0 Å². The average molecular weight is 348 g/mol. The molecule has 2 nitrogen and oxygen atoms in total. The Kier molecular flexibility index (Phi) is 4.36. The summed E-state index contributed by atoms with van der Waals surface area (Å²) in [6, 6.07) is 29.2. The van der Waals surface area contributed by atoms with E-state index in [-0.39, 0.29) is 0 Å². The number of rotatable bonds is 3. The molecule has 0 radical (unpaired) electrons. The molecule has 0 amide bonds. The molecule has 1 aromatic heterocycles. The summed E-state index contributed by atoms with van der Waals surface area (Å²) in [4.78, 5) is 0. The average Bonchev–Trinajstić information content (AvgIpc) is 2.99. The minimum Gasteiger partial charge on any atom is -0.318 e. The summed E-state index contributed by atoms with van der Waals surface area (Å²) in [6.07, 6.45) is 2.00. The highest BCUT2D eigenvalue weighted by atomic mass is 15.0. The maximum Gasteiger partial charge on any atom is 0.0998 e. The predicted molar refractivity (Wildman–Crippen MR) is 113 cm³/mol. The number of allylic oxidation sites excluding steroid dienone is 1. The molecule has 0 N–H and O–H groups in total. The highest BCUT2D eigenvalue weighted by molar-refractivity contribution is 6.01. The smallest absolute Gasteiger partial charge is 0.0998 e. The maximum atomic E-state index is 9.86. The fourth-order valence-corrected chi connectivity index (χ4v) is 3.69.